The lowest BCUT2D eigenvalue weighted by Gasteiger charge is -2.07. The molecule has 0 atom stereocenters. The van der Waals surface area contributed by atoms with Crippen LogP contribution in [0.5, 0.6) is 0 Å². The molecule has 2 rings (SSSR count). The molecule has 1 heterocycles. The monoisotopic (exact) mass is 327 g/mol. The van der Waals surface area contributed by atoms with Crippen molar-refractivity contribution in [3.05, 3.63) is 50.4 Å². The van der Waals surface area contributed by atoms with Gasteiger partial charge in [0.15, 0.2) is 5.84 Å². The van der Waals surface area contributed by atoms with Gasteiger partial charge in [-0.1, -0.05) is 16.8 Å². The average molecular weight is 328 g/mol. The predicted octanol–water partition coefficient (Wildman–Crippen LogP) is 3.20. The Morgan fingerprint density at radius 1 is 1.52 bits per heavy atom. The van der Waals surface area contributed by atoms with Crippen molar-refractivity contribution in [3.63, 3.8) is 0 Å². The maximum atomic E-state index is 13.5. The zero-order valence-electron chi connectivity index (χ0n) is 10.9. The second-order valence-electron chi connectivity index (χ2n) is 4.20. The number of carbonyl (C=O) groups is 1. The number of nitrogens with one attached hydrogen (secondary N) is 1. The highest BCUT2D eigenvalue weighted by atomic mass is 35.5. The first-order valence-corrected chi connectivity index (χ1v) is 7.02. The van der Waals surface area contributed by atoms with Crippen LogP contribution in [0.3, 0.4) is 0 Å². The Hall–Kier alpha value is -2.12. The smallest absolute Gasteiger partial charge is 0.267 e. The molecule has 0 bridgehead atoms. The minimum atomic E-state index is -0.659. The number of hydrogen-bond acceptors (Lipinski definition) is 4. The molecule has 21 heavy (non-hydrogen) atoms. The van der Waals surface area contributed by atoms with Gasteiger partial charge in [-0.3, -0.25) is 4.79 Å². The summed E-state index contributed by atoms with van der Waals surface area (Å²) in [5, 5.41) is 16.1. The number of oxime groups is 1. The van der Waals surface area contributed by atoms with Crippen molar-refractivity contribution in [2.24, 2.45) is 10.9 Å². The van der Waals surface area contributed by atoms with Crippen LogP contribution in [-0.4, -0.2) is 17.0 Å². The van der Waals surface area contributed by atoms with Gasteiger partial charge >= 0.3 is 0 Å². The van der Waals surface area contributed by atoms with Crippen molar-refractivity contribution in [2.75, 3.05) is 5.32 Å². The largest absolute Gasteiger partial charge is 0.409 e. The molecule has 4 N–H and O–H groups in total. The molecule has 0 aliphatic rings. The van der Waals surface area contributed by atoms with E-state index in [-0.39, 0.29) is 11.4 Å². The zero-order valence-corrected chi connectivity index (χ0v) is 12.4. The summed E-state index contributed by atoms with van der Waals surface area (Å²) in [5.74, 6) is -1.45. The number of amidine groups is 1. The number of halogens is 2. The molecule has 1 amide bonds. The van der Waals surface area contributed by atoms with Gasteiger partial charge in [-0.05, 0) is 36.1 Å². The summed E-state index contributed by atoms with van der Waals surface area (Å²) in [6.07, 6.45) is 0. The van der Waals surface area contributed by atoms with Gasteiger partial charge in [0, 0.05) is 5.69 Å². The summed E-state index contributed by atoms with van der Waals surface area (Å²) in [7, 11) is 0. The number of benzene rings is 1. The molecule has 2 aromatic rings. The Balaban J connectivity index is 2.28. The maximum absolute atomic E-state index is 13.5. The van der Waals surface area contributed by atoms with Crippen molar-refractivity contribution < 1.29 is 14.4 Å². The lowest BCUT2D eigenvalue weighted by Crippen LogP contribution is -2.16. The summed E-state index contributed by atoms with van der Waals surface area (Å²) in [5.41, 5.74) is 6.37. The van der Waals surface area contributed by atoms with E-state index in [1.54, 1.807) is 12.3 Å². The summed E-state index contributed by atoms with van der Waals surface area (Å²) in [6.45, 7) is 1.80. The molecule has 8 heteroatoms. The van der Waals surface area contributed by atoms with Crippen LogP contribution in [0.25, 0.3) is 0 Å². The highest BCUT2D eigenvalue weighted by Crippen LogP contribution is 2.28. The van der Waals surface area contributed by atoms with E-state index in [4.69, 9.17) is 22.5 Å². The van der Waals surface area contributed by atoms with E-state index in [2.05, 4.69) is 10.5 Å². The molecule has 0 aliphatic carbocycles. The third-order valence-electron chi connectivity index (χ3n) is 2.71. The van der Waals surface area contributed by atoms with Gasteiger partial charge in [-0.2, -0.15) is 0 Å². The molecule has 5 nitrogen and oxygen atoms in total. The van der Waals surface area contributed by atoms with Gasteiger partial charge in [0.25, 0.3) is 5.91 Å². The van der Waals surface area contributed by atoms with Gasteiger partial charge in [0.05, 0.1) is 10.6 Å². The number of anilines is 1. The molecule has 0 unspecified atom stereocenters. The number of hydrogen-bond donors (Lipinski definition) is 3. The van der Waals surface area contributed by atoms with Gasteiger partial charge < -0.3 is 16.3 Å². The molecule has 0 saturated heterocycles. The number of thiophene rings is 1. The molecular formula is C13H11ClFN3O2S. The van der Waals surface area contributed by atoms with E-state index in [1.165, 1.54) is 23.5 Å². The first-order chi connectivity index (χ1) is 9.93. The van der Waals surface area contributed by atoms with Crippen molar-refractivity contribution >= 4 is 40.4 Å². The number of nitrogens with two attached hydrogens (primary N) is 1. The van der Waals surface area contributed by atoms with Crippen molar-refractivity contribution in [1.82, 2.24) is 0 Å². The Bertz CT molecular complexity index is 730. The Kier molecular flexibility index (Phi) is 4.44. The fourth-order valence-corrected chi connectivity index (χ4v) is 2.80. The van der Waals surface area contributed by atoms with E-state index in [0.29, 0.717) is 15.6 Å². The second-order valence-corrected chi connectivity index (χ2v) is 5.45. The van der Waals surface area contributed by atoms with Crippen molar-refractivity contribution in [2.45, 2.75) is 6.92 Å². The third-order valence-corrected chi connectivity index (χ3v) is 4.41. The van der Waals surface area contributed by atoms with Crippen LogP contribution >= 0.6 is 22.9 Å². The Labute approximate surface area is 128 Å². The van der Waals surface area contributed by atoms with E-state index in [1.807, 2.05) is 0 Å². The highest BCUT2D eigenvalue weighted by molar-refractivity contribution is 7.13. The van der Waals surface area contributed by atoms with Crippen LogP contribution in [0.2, 0.25) is 5.02 Å². The summed E-state index contributed by atoms with van der Waals surface area (Å²) < 4.78 is 13.5. The van der Waals surface area contributed by atoms with Crippen LogP contribution in [0.1, 0.15) is 20.8 Å². The van der Waals surface area contributed by atoms with Crippen LogP contribution in [0.15, 0.2) is 28.7 Å². The highest BCUT2D eigenvalue weighted by Gasteiger charge is 2.16. The molecular weight excluding hydrogens is 317 g/mol. The lowest BCUT2D eigenvalue weighted by molar-refractivity contribution is 0.103. The zero-order chi connectivity index (χ0) is 15.6. The van der Waals surface area contributed by atoms with E-state index in [9.17, 15) is 9.18 Å². The molecule has 0 radical (unpaired) electrons. The normalized spacial score (nSPS) is 11.5. The number of rotatable bonds is 3. The molecule has 0 aliphatic heterocycles. The minimum absolute atomic E-state index is 0.108. The predicted molar refractivity (Wildman–Crippen MR) is 80.9 cm³/mol. The van der Waals surface area contributed by atoms with E-state index in [0.717, 1.165) is 11.6 Å². The quantitative estimate of drug-likeness (QED) is 0.350. The topological polar surface area (TPSA) is 87.7 Å². The fraction of sp³-hybridized carbons (Fsp3) is 0.0769. The Morgan fingerprint density at radius 3 is 2.81 bits per heavy atom. The number of aryl methyl sites for hydroxylation is 1. The van der Waals surface area contributed by atoms with Gasteiger partial charge in [-0.25, -0.2) is 4.39 Å². The number of amides is 1. The lowest BCUT2D eigenvalue weighted by atomic mass is 10.1. The number of carbonyl (C=O) groups excluding carboxylic acids is 1. The SMILES string of the molecule is Cc1csc(C(=O)Nc2ccc(F)c(/C(N)=N/O)c2)c1Cl. The molecule has 1 aromatic carbocycles. The van der Waals surface area contributed by atoms with Crippen molar-refractivity contribution in [3.8, 4) is 0 Å². The maximum Gasteiger partial charge on any atom is 0.267 e. The molecule has 0 saturated carbocycles. The van der Waals surface area contributed by atoms with Gasteiger partial charge in [-0.15, -0.1) is 11.3 Å². The summed E-state index contributed by atoms with van der Waals surface area (Å²) >= 11 is 7.23. The van der Waals surface area contributed by atoms with E-state index >= 15 is 0 Å². The Morgan fingerprint density at radius 2 is 2.24 bits per heavy atom. The van der Waals surface area contributed by atoms with Gasteiger partial charge in [0.2, 0.25) is 0 Å². The van der Waals surface area contributed by atoms with Crippen LogP contribution in [0, 0.1) is 12.7 Å². The third kappa shape index (κ3) is 3.14. The van der Waals surface area contributed by atoms with Crippen LogP contribution in [0.4, 0.5) is 10.1 Å². The molecule has 1 aromatic heterocycles. The average Bonchev–Trinajstić information content (AvgIpc) is 2.80. The standard InChI is InChI=1S/C13H11ClFN3O2S/c1-6-5-21-11(10(6)14)13(19)17-7-2-3-9(15)8(4-7)12(16)18-20/h2-5,20H,1H3,(H2,16,18)(H,17,19). The minimum Gasteiger partial charge on any atom is -0.409 e. The van der Waals surface area contributed by atoms with Crippen LogP contribution in [-0.2, 0) is 0 Å². The first-order valence-electron chi connectivity index (χ1n) is 5.76. The molecule has 0 spiro atoms. The van der Waals surface area contributed by atoms with E-state index < -0.39 is 11.7 Å². The summed E-state index contributed by atoms with van der Waals surface area (Å²) in [4.78, 5) is 12.5. The van der Waals surface area contributed by atoms with Gasteiger partial charge in [0.1, 0.15) is 10.7 Å². The van der Waals surface area contributed by atoms with Crippen molar-refractivity contribution in [1.29, 1.82) is 0 Å². The first kappa shape index (κ1) is 15.3. The molecule has 110 valence electrons. The summed E-state index contributed by atoms with van der Waals surface area (Å²) in [6, 6.07) is 3.76. The number of nitrogens with zero attached hydrogens (tertiary/aromatic N) is 1. The molecule has 0 fully saturated rings. The van der Waals surface area contributed by atoms with Crippen LogP contribution < -0.4 is 11.1 Å². The second kappa shape index (κ2) is 6.11. The fourth-order valence-electron chi connectivity index (χ4n) is 1.62.